The van der Waals surface area contributed by atoms with E-state index in [2.05, 4.69) is 19.7 Å². The van der Waals surface area contributed by atoms with E-state index < -0.39 is 5.92 Å². The number of amides is 1. The lowest BCUT2D eigenvalue weighted by Gasteiger charge is -2.20. The second-order valence-electron chi connectivity index (χ2n) is 8.86. The Kier molecular flexibility index (Phi) is 5.85. The molecule has 5 heterocycles. The zero-order valence-corrected chi connectivity index (χ0v) is 20.2. The SMILES string of the molecule is Cc1c(SN2Cc3cnn(C)c3C2)cc(C(=O)NCc2cccnc2N2CCC(F)(F)C2)n1C. The van der Waals surface area contributed by atoms with Gasteiger partial charge in [0, 0.05) is 68.1 Å². The molecule has 11 heteroatoms. The molecular formula is C23H27F2N7OS. The first-order valence-corrected chi connectivity index (χ1v) is 11.9. The number of anilines is 1. The molecule has 1 N–H and O–H groups in total. The minimum Gasteiger partial charge on any atom is -0.350 e. The maximum atomic E-state index is 13.7. The summed E-state index contributed by atoms with van der Waals surface area (Å²) in [5, 5.41) is 7.25. The number of aromatic nitrogens is 4. The van der Waals surface area contributed by atoms with Crippen molar-refractivity contribution in [1.82, 2.24) is 29.0 Å². The van der Waals surface area contributed by atoms with Gasteiger partial charge in [0.1, 0.15) is 11.5 Å². The van der Waals surface area contributed by atoms with Crippen LogP contribution in [-0.2, 0) is 33.7 Å². The lowest BCUT2D eigenvalue weighted by atomic mass is 10.2. The summed E-state index contributed by atoms with van der Waals surface area (Å²) < 4.78 is 33.5. The Morgan fingerprint density at radius 2 is 2.12 bits per heavy atom. The van der Waals surface area contributed by atoms with E-state index in [4.69, 9.17) is 0 Å². The van der Waals surface area contributed by atoms with Gasteiger partial charge < -0.3 is 14.8 Å². The van der Waals surface area contributed by atoms with Gasteiger partial charge in [-0.25, -0.2) is 18.1 Å². The molecule has 2 aliphatic rings. The largest absolute Gasteiger partial charge is 0.350 e. The normalized spacial score (nSPS) is 17.4. The maximum absolute atomic E-state index is 13.7. The lowest BCUT2D eigenvalue weighted by Crippen LogP contribution is -2.29. The van der Waals surface area contributed by atoms with Crippen molar-refractivity contribution in [2.45, 2.75) is 43.8 Å². The van der Waals surface area contributed by atoms with E-state index in [0.29, 0.717) is 11.5 Å². The van der Waals surface area contributed by atoms with Crippen molar-refractivity contribution in [1.29, 1.82) is 0 Å². The highest BCUT2D eigenvalue weighted by Gasteiger charge is 2.39. The molecule has 0 atom stereocenters. The highest BCUT2D eigenvalue weighted by molar-refractivity contribution is 7.97. The molecule has 3 aromatic heterocycles. The van der Waals surface area contributed by atoms with Gasteiger partial charge in [-0.3, -0.25) is 9.48 Å². The van der Waals surface area contributed by atoms with Crippen LogP contribution in [0.5, 0.6) is 0 Å². The first-order chi connectivity index (χ1) is 16.2. The van der Waals surface area contributed by atoms with E-state index in [0.717, 1.165) is 29.2 Å². The molecule has 1 saturated heterocycles. The highest BCUT2D eigenvalue weighted by atomic mass is 32.2. The molecule has 8 nitrogen and oxygen atoms in total. The third-order valence-electron chi connectivity index (χ3n) is 6.55. The van der Waals surface area contributed by atoms with Crippen molar-refractivity contribution >= 4 is 23.7 Å². The van der Waals surface area contributed by atoms with Gasteiger partial charge in [0.15, 0.2) is 0 Å². The number of halogens is 2. The molecule has 180 valence electrons. The molecule has 0 aromatic carbocycles. The molecule has 1 fully saturated rings. The Morgan fingerprint density at radius 3 is 2.85 bits per heavy atom. The second kappa shape index (κ2) is 8.70. The Hall–Kier alpha value is -2.92. The molecule has 3 aromatic rings. The minimum atomic E-state index is -2.71. The van der Waals surface area contributed by atoms with Crippen LogP contribution < -0.4 is 10.2 Å². The fraction of sp³-hybridized carbons (Fsp3) is 0.435. The molecule has 5 rings (SSSR count). The Morgan fingerprint density at radius 1 is 1.29 bits per heavy atom. The number of rotatable bonds is 6. The molecule has 0 bridgehead atoms. The molecular weight excluding hydrogens is 460 g/mol. The highest BCUT2D eigenvalue weighted by Crippen LogP contribution is 2.35. The zero-order chi connectivity index (χ0) is 24.0. The van der Waals surface area contributed by atoms with Gasteiger partial charge >= 0.3 is 0 Å². The van der Waals surface area contributed by atoms with Gasteiger partial charge in [-0.1, -0.05) is 6.07 Å². The number of fused-ring (bicyclic) bond motifs is 1. The Bertz CT molecular complexity index is 1240. The van der Waals surface area contributed by atoms with E-state index in [-0.39, 0.29) is 32.0 Å². The van der Waals surface area contributed by atoms with Gasteiger partial charge in [-0.05, 0) is 31.0 Å². The van der Waals surface area contributed by atoms with Crippen molar-refractivity contribution in [3.8, 4) is 0 Å². The van der Waals surface area contributed by atoms with Crippen LogP contribution in [0.2, 0.25) is 0 Å². The van der Waals surface area contributed by atoms with Gasteiger partial charge in [0.2, 0.25) is 0 Å². The van der Waals surface area contributed by atoms with Gasteiger partial charge in [0.05, 0.1) is 25.0 Å². The van der Waals surface area contributed by atoms with Crippen molar-refractivity contribution < 1.29 is 13.6 Å². The average molecular weight is 488 g/mol. The van der Waals surface area contributed by atoms with E-state index in [1.54, 1.807) is 29.1 Å². The van der Waals surface area contributed by atoms with E-state index in [9.17, 15) is 13.6 Å². The van der Waals surface area contributed by atoms with Crippen molar-refractivity contribution in [3.05, 3.63) is 58.8 Å². The third kappa shape index (κ3) is 4.29. The number of aryl methyl sites for hydroxylation is 1. The minimum absolute atomic E-state index is 0.183. The van der Waals surface area contributed by atoms with Gasteiger partial charge in [-0.15, -0.1) is 0 Å². The number of pyridine rings is 1. The third-order valence-corrected chi connectivity index (χ3v) is 7.67. The van der Waals surface area contributed by atoms with Crippen LogP contribution >= 0.6 is 11.9 Å². The molecule has 0 unspecified atom stereocenters. The number of carbonyl (C=O) groups is 1. The van der Waals surface area contributed by atoms with Gasteiger partial charge in [0.25, 0.3) is 11.8 Å². The number of carbonyl (C=O) groups excluding carboxylic acids is 1. The maximum Gasteiger partial charge on any atom is 0.268 e. The van der Waals surface area contributed by atoms with E-state index in [1.165, 1.54) is 11.3 Å². The Balaban J connectivity index is 1.26. The standard InChI is InChI=1S/C23H27F2N7OS/c1-15-20(34-32-12-17-11-28-30(3)19(17)13-32)9-18(29(15)2)22(33)27-10-16-5-4-7-26-21(16)31-8-6-23(24,25)14-31/h4-5,7,9,11H,6,8,10,12-14H2,1-3H3,(H,27,33). The fourth-order valence-corrected chi connectivity index (χ4v) is 5.58. The molecule has 1 amide bonds. The molecule has 0 spiro atoms. The summed E-state index contributed by atoms with van der Waals surface area (Å²) in [7, 11) is 3.82. The molecule has 0 radical (unpaired) electrons. The monoisotopic (exact) mass is 487 g/mol. The molecule has 0 saturated carbocycles. The lowest BCUT2D eigenvalue weighted by molar-refractivity contribution is 0.0256. The summed E-state index contributed by atoms with van der Waals surface area (Å²) in [5.74, 6) is -2.42. The van der Waals surface area contributed by atoms with E-state index >= 15 is 0 Å². The second-order valence-corrected chi connectivity index (χ2v) is 10.0. The van der Waals surface area contributed by atoms with Crippen LogP contribution in [0.3, 0.4) is 0 Å². The number of hydrogen-bond donors (Lipinski definition) is 1. The zero-order valence-electron chi connectivity index (χ0n) is 19.4. The first kappa shape index (κ1) is 22.9. The summed E-state index contributed by atoms with van der Waals surface area (Å²) in [6, 6.07) is 5.47. The van der Waals surface area contributed by atoms with Crippen molar-refractivity contribution in [2.24, 2.45) is 14.1 Å². The van der Waals surface area contributed by atoms with Crippen LogP contribution in [0.15, 0.2) is 35.5 Å². The number of alkyl halides is 2. The number of nitrogens with one attached hydrogen (secondary N) is 1. The van der Waals surface area contributed by atoms with Crippen LogP contribution in [0.25, 0.3) is 0 Å². The number of hydrogen-bond acceptors (Lipinski definition) is 6. The summed E-state index contributed by atoms with van der Waals surface area (Å²) in [6.07, 6.45) is 3.31. The first-order valence-electron chi connectivity index (χ1n) is 11.2. The predicted molar refractivity (Wildman–Crippen MR) is 126 cm³/mol. The van der Waals surface area contributed by atoms with Crippen LogP contribution in [0.1, 0.15) is 39.4 Å². The van der Waals surface area contributed by atoms with Crippen molar-refractivity contribution in [3.63, 3.8) is 0 Å². The van der Waals surface area contributed by atoms with Crippen LogP contribution in [0.4, 0.5) is 14.6 Å². The van der Waals surface area contributed by atoms with Crippen LogP contribution in [-0.4, -0.2) is 48.6 Å². The summed E-state index contributed by atoms with van der Waals surface area (Å²) >= 11 is 1.64. The Labute approximate surface area is 201 Å². The predicted octanol–water partition coefficient (Wildman–Crippen LogP) is 3.26. The fourth-order valence-electron chi connectivity index (χ4n) is 4.48. The topological polar surface area (TPSA) is 71.2 Å². The molecule has 34 heavy (non-hydrogen) atoms. The quantitative estimate of drug-likeness (QED) is 0.539. The summed E-state index contributed by atoms with van der Waals surface area (Å²) in [5.41, 5.74) is 4.71. The van der Waals surface area contributed by atoms with Gasteiger partial charge in [-0.2, -0.15) is 5.10 Å². The smallest absolute Gasteiger partial charge is 0.268 e. The number of nitrogens with zero attached hydrogens (tertiary/aromatic N) is 6. The van der Waals surface area contributed by atoms with Crippen LogP contribution in [0, 0.1) is 6.92 Å². The summed E-state index contributed by atoms with van der Waals surface area (Å²) in [4.78, 5) is 20.0. The van der Waals surface area contributed by atoms with E-state index in [1.807, 2.05) is 48.6 Å². The average Bonchev–Trinajstić information content (AvgIpc) is 3.54. The van der Waals surface area contributed by atoms with Crippen molar-refractivity contribution in [2.75, 3.05) is 18.0 Å². The molecule has 0 aliphatic carbocycles. The molecule has 2 aliphatic heterocycles. The summed E-state index contributed by atoms with van der Waals surface area (Å²) in [6.45, 7) is 3.72.